The molecule has 0 aliphatic carbocycles. The molecule has 0 heterocycles. The molecule has 1 rings (SSSR count). The molecular weight excluding hydrogens is 323 g/mol. The summed E-state index contributed by atoms with van der Waals surface area (Å²) >= 11 is 8.67. The minimum Gasteiger partial charge on any atom is -0.496 e. The van der Waals surface area contributed by atoms with Gasteiger partial charge in [-0.15, -0.1) is 11.6 Å². The van der Waals surface area contributed by atoms with Gasteiger partial charge in [-0.1, -0.05) is 0 Å². The van der Waals surface area contributed by atoms with Crippen LogP contribution >= 0.6 is 27.5 Å². The average molecular weight is 336 g/mol. The van der Waals surface area contributed by atoms with Crippen LogP contribution in [0.5, 0.6) is 5.75 Å². The van der Waals surface area contributed by atoms with Gasteiger partial charge in [0.15, 0.2) is 0 Å². The number of ether oxygens (including phenoxy) is 1. The van der Waals surface area contributed by atoms with Gasteiger partial charge in [-0.3, -0.25) is 10.1 Å². The molecule has 2 N–H and O–H groups in total. The SMILES string of the molecule is COc1ccc(NC(=O)NC(=O)CCCl)cc1Br. The second-order valence-corrected chi connectivity index (χ2v) is 4.52. The number of nitrogens with one attached hydrogen (secondary N) is 2. The predicted octanol–water partition coefficient (Wildman–Crippen LogP) is 2.73. The molecular formula is C11H12BrClN2O3. The normalized spacial score (nSPS) is 9.72. The Kier molecular flexibility index (Phi) is 5.94. The number of urea groups is 1. The summed E-state index contributed by atoms with van der Waals surface area (Å²) in [5.41, 5.74) is 0.541. The van der Waals surface area contributed by atoms with Gasteiger partial charge in [0, 0.05) is 18.0 Å². The summed E-state index contributed by atoms with van der Waals surface area (Å²) in [5.74, 6) is 0.405. The Morgan fingerprint density at radius 3 is 2.72 bits per heavy atom. The summed E-state index contributed by atoms with van der Waals surface area (Å²) in [4.78, 5) is 22.6. The fourth-order valence-corrected chi connectivity index (χ4v) is 1.89. The molecule has 5 nitrogen and oxygen atoms in total. The van der Waals surface area contributed by atoms with E-state index < -0.39 is 11.9 Å². The Morgan fingerprint density at radius 1 is 1.44 bits per heavy atom. The van der Waals surface area contributed by atoms with Crippen LogP contribution in [-0.4, -0.2) is 24.9 Å². The number of rotatable bonds is 4. The van der Waals surface area contributed by atoms with E-state index in [-0.39, 0.29) is 12.3 Å². The molecule has 7 heteroatoms. The highest BCUT2D eigenvalue weighted by Crippen LogP contribution is 2.27. The molecule has 0 aliphatic rings. The van der Waals surface area contributed by atoms with Crippen LogP contribution in [0.25, 0.3) is 0 Å². The van der Waals surface area contributed by atoms with Crippen LogP contribution in [0.1, 0.15) is 6.42 Å². The lowest BCUT2D eigenvalue weighted by atomic mass is 10.3. The molecule has 98 valence electrons. The number of hydrogen-bond acceptors (Lipinski definition) is 3. The van der Waals surface area contributed by atoms with E-state index in [1.165, 1.54) is 0 Å². The van der Waals surface area contributed by atoms with E-state index in [0.717, 1.165) is 0 Å². The van der Waals surface area contributed by atoms with Gasteiger partial charge in [-0.05, 0) is 34.1 Å². The Bertz CT molecular complexity index is 454. The van der Waals surface area contributed by atoms with Crippen LogP contribution in [0.4, 0.5) is 10.5 Å². The Hall–Kier alpha value is -1.27. The summed E-state index contributed by atoms with van der Waals surface area (Å²) in [6.45, 7) is 0. The fraction of sp³-hybridized carbons (Fsp3) is 0.273. The highest BCUT2D eigenvalue weighted by molar-refractivity contribution is 9.10. The number of anilines is 1. The average Bonchev–Trinajstić information content (AvgIpc) is 2.29. The van der Waals surface area contributed by atoms with Crippen molar-refractivity contribution in [2.45, 2.75) is 6.42 Å². The number of carbonyl (C=O) groups is 2. The zero-order chi connectivity index (χ0) is 13.5. The summed E-state index contributed by atoms with van der Waals surface area (Å²) in [5, 5.41) is 4.68. The first-order valence-corrected chi connectivity index (χ1v) is 6.40. The van der Waals surface area contributed by atoms with Crippen LogP contribution in [0, 0.1) is 0 Å². The largest absolute Gasteiger partial charge is 0.496 e. The minimum atomic E-state index is -0.595. The first-order valence-electron chi connectivity index (χ1n) is 5.07. The maximum atomic E-state index is 11.4. The molecule has 0 fully saturated rings. The first-order chi connectivity index (χ1) is 8.56. The Balaban J connectivity index is 2.59. The second-order valence-electron chi connectivity index (χ2n) is 3.29. The molecule has 18 heavy (non-hydrogen) atoms. The third kappa shape index (κ3) is 4.54. The van der Waals surface area contributed by atoms with E-state index in [1.807, 2.05) is 0 Å². The molecule has 0 aromatic heterocycles. The van der Waals surface area contributed by atoms with Crippen LogP contribution in [0.2, 0.25) is 0 Å². The first kappa shape index (κ1) is 14.8. The maximum absolute atomic E-state index is 11.4. The molecule has 0 bridgehead atoms. The summed E-state index contributed by atoms with van der Waals surface area (Å²) in [7, 11) is 1.55. The van der Waals surface area contributed by atoms with Crippen molar-refractivity contribution < 1.29 is 14.3 Å². The third-order valence-corrected chi connectivity index (χ3v) is 2.79. The quantitative estimate of drug-likeness (QED) is 0.831. The summed E-state index contributed by atoms with van der Waals surface area (Å²) in [6, 6.07) is 4.43. The molecule has 0 spiro atoms. The van der Waals surface area contributed by atoms with Gasteiger partial charge in [0.2, 0.25) is 5.91 Å². The lowest BCUT2D eigenvalue weighted by Gasteiger charge is -2.08. The minimum absolute atomic E-state index is 0.0985. The van der Waals surface area contributed by atoms with Crippen molar-refractivity contribution in [3.8, 4) is 5.75 Å². The van der Waals surface area contributed by atoms with E-state index in [1.54, 1.807) is 25.3 Å². The number of benzene rings is 1. The van der Waals surface area contributed by atoms with E-state index in [0.29, 0.717) is 15.9 Å². The van der Waals surface area contributed by atoms with Gasteiger partial charge < -0.3 is 10.1 Å². The van der Waals surface area contributed by atoms with Crippen LogP contribution in [0.15, 0.2) is 22.7 Å². The van der Waals surface area contributed by atoms with Crippen molar-refractivity contribution in [2.24, 2.45) is 0 Å². The number of amides is 3. The molecule has 0 atom stereocenters. The summed E-state index contributed by atoms with van der Waals surface area (Å²) in [6.07, 6.45) is 0.0985. The Morgan fingerprint density at radius 2 is 2.17 bits per heavy atom. The van der Waals surface area contributed by atoms with E-state index >= 15 is 0 Å². The van der Waals surface area contributed by atoms with Crippen molar-refractivity contribution in [3.63, 3.8) is 0 Å². The third-order valence-electron chi connectivity index (χ3n) is 1.98. The fourth-order valence-electron chi connectivity index (χ4n) is 1.18. The molecule has 0 saturated heterocycles. The smallest absolute Gasteiger partial charge is 0.325 e. The predicted molar refractivity (Wildman–Crippen MR) is 73.2 cm³/mol. The van der Waals surface area contributed by atoms with Crippen molar-refractivity contribution in [3.05, 3.63) is 22.7 Å². The number of halogens is 2. The standard InChI is InChI=1S/C11H12BrClN2O3/c1-18-9-3-2-7(6-8(9)12)14-11(17)15-10(16)4-5-13/h2-3,6H,4-5H2,1H3,(H2,14,15,16,17). The van der Waals surface area contributed by atoms with Gasteiger partial charge in [-0.25, -0.2) is 4.79 Å². The van der Waals surface area contributed by atoms with Gasteiger partial charge >= 0.3 is 6.03 Å². The number of methoxy groups -OCH3 is 1. The number of imide groups is 1. The van der Waals surface area contributed by atoms with Gasteiger partial charge in [0.25, 0.3) is 0 Å². The second kappa shape index (κ2) is 7.23. The Labute approximate surface area is 118 Å². The van der Waals surface area contributed by atoms with Crippen molar-refractivity contribution in [2.75, 3.05) is 18.3 Å². The van der Waals surface area contributed by atoms with Gasteiger partial charge in [0.1, 0.15) is 5.75 Å². The molecule has 0 radical (unpaired) electrons. The maximum Gasteiger partial charge on any atom is 0.325 e. The van der Waals surface area contributed by atoms with E-state index in [2.05, 4.69) is 26.6 Å². The molecule has 3 amide bonds. The molecule has 0 unspecified atom stereocenters. The highest BCUT2D eigenvalue weighted by atomic mass is 79.9. The molecule has 1 aromatic rings. The zero-order valence-corrected chi connectivity index (χ0v) is 12.0. The van der Waals surface area contributed by atoms with Crippen LogP contribution in [-0.2, 0) is 4.79 Å². The number of carbonyl (C=O) groups excluding carboxylic acids is 2. The van der Waals surface area contributed by atoms with Crippen molar-refractivity contribution in [1.29, 1.82) is 0 Å². The van der Waals surface area contributed by atoms with Crippen LogP contribution in [0.3, 0.4) is 0 Å². The van der Waals surface area contributed by atoms with Gasteiger partial charge in [-0.2, -0.15) is 0 Å². The highest BCUT2D eigenvalue weighted by Gasteiger charge is 2.08. The van der Waals surface area contributed by atoms with Crippen LogP contribution < -0.4 is 15.4 Å². The molecule has 0 saturated carbocycles. The van der Waals surface area contributed by atoms with Crippen molar-refractivity contribution in [1.82, 2.24) is 5.32 Å². The van der Waals surface area contributed by atoms with Gasteiger partial charge in [0.05, 0.1) is 11.6 Å². The van der Waals surface area contributed by atoms with Crippen molar-refractivity contribution >= 4 is 45.2 Å². The number of hydrogen-bond donors (Lipinski definition) is 2. The van der Waals surface area contributed by atoms with E-state index in [9.17, 15) is 9.59 Å². The monoisotopic (exact) mass is 334 g/mol. The lowest BCUT2D eigenvalue weighted by molar-refractivity contribution is -0.119. The lowest BCUT2D eigenvalue weighted by Crippen LogP contribution is -2.34. The molecule has 1 aromatic carbocycles. The zero-order valence-electron chi connectivity index (χ0n) is 9.63. The number of alkyl halides is 1. The topological polar surface area (TPSA) is 67.4 Å². The molecule has 0 aliphatic heterocycles. The summed E-state index contributed by atoms with van der Waals surface area (Å²) < 4.78 is 5.76. The van der Waals surface area contributed by atoms with E-state index in [4.69, 9.17) is 16.3 Å².